The maximum Gasteiger partial charge on any atom is 0.263 e. The number of carbonyl (C=O) groups is 1. The second-order valence-electron chi connectivity index (χ2n) is 3.92. The van der Waals surface area contributed by atoms with Crippen molar-refractivity contribution in [2.24, 2.45) is 5.16 Å². The van der Waals surface area contributed by atoms with E-state index in [1.54, 1.807) is 5.38 Å². The molecule has 2 N–H and O–H groups in total. The van der Waals surface area contributed by atoms with Gasteiger partial charge in [0.15, 0.2) is 5.13 Å². The van der Waals surface area contributed by atoms with E-state index in [1.165, 1.54) is 6.92 Å². The number of nitrogens with one attached hydrogen (secondary N) is 1. The highest BCUT2D eigenvalue weighted by atomic mass is 79.9. The van der Waals surface area contributed by atoms with Crippen LogP contribution in [0.2, 0.25) is 0 Å². The van der Waals surface area contributed by atoms with Gasteiger partial charge in [-0.1, -0.05) is 21.1 Å². The molecule has 0 radical (unpaired) electrons. The van der Waals surface area contributed by atoms with Crippen LogP contribution >= 0.6 is 27.3 Å². The number of thiazole rings is 1. The Balaban J connectivity index is 2.25. The summed E-state index contributed by atoms with van der Waals surface area (Å²) in [4.78, 5) is 15.9. The van der Waals surface area contributed by atoms with Crippen molar-refractivity contribution < 1.29 is 18.8 Å². The monoisotopic (exact) mass is 375 g/mol. The van der Waals surface area contributed by atoms with Crippen molar-refractivity contribution in [3.8, 4) is 0 Å². The molecule has 0 bridgehead atoms. The number of aromatic nitrogens is 1. The molecule has 0 aliphatic carbocycles. The van der Waals surface area contributed by atoms with E-state index in [4.69, 9.17) is 5.21 Å². The summed E-state index contributed by atoms with van der Waals surface area (Å²) in [6.45, 7) is 1.52. The first-order valence-electron chi connectivity index (χ1n) is 5.53. The zero-order valence-electron chi connectivity index (χ0n) is 10.5. The summed E-state index contributed by atoms with van der Waals surface area (Å²) in [5, 5.41) is 15.6. The molecule has 0 unspecified atom stereocenters. The van der Waals surface area contributed by atoms with Crippen LogP contribution in [0, 0.1) is 11.6 Å². The molecule has 0 saturated heterocycles. The SMILES string of the molecule is CC(=NO)c1csc(NC(=O)c2c(F)cc(Br)cc2F)n1. The predicted octanol–water partition coefficient (Wildman–Crippen LogP) is 3.63. The fourth-order valence-corrected chi connectivity index (χ4v) is 2.62. The van der Waals surface area contributed by atoms with Crippen molar-refractivity contribution in [3.63, 3.8) is 0 Å². The minimum absolute atomic E-state index is 0.139. The largest absolute Gasteiger partial charge is 0.411 e. The van der Waals surface area contributed by atoms with E-state index in [2.05, 4.69) is 31.4 Å². The first-order chi connectivity index (χ1) is 9.92. The molecule has 110 valence electrons. The highest BCUT2D eigenvalue weighted by molar-refractivity contribution is 9.10. The van der Waals surface area contributed by atoms with Crippen molar-refractivity contribution in [1.29, 1.82) is 0 Å². The number of oxime groups is 1. The molecule has 0 atom stereocenters. The summed E-state index contributed by atoms with van der Waals surface area (Å²) in [5.74, 6) is -2.91. The third-order valence-electron chi connectivity index (χ3n) is 2.48. The van der Waals surface area contributed by atoms with Gasteiger partial charge in [0.1, 0.15) is 28.6 Å². The van der Waals surface area contributed by atoms with Gasteiger partial charge in [0.25, 0.3) is 5.91 Å². The lowest BCUT2D eigenvalue weighted by Gasteiger charge is -2.05. The molecule has 0 aliphatic heterocycles. The van der Waals surface area contributed by atoms with Crippen LogP contribution in [0.4, 0.5) is 13.9 Å². The summed E-state index contributed by atoms with van der Waals surface area (Å²) in [5.41, 5.74) is -0.0789. The van der Waals surface area contributed by atoms with Crippen LogP contribution in [0.1, 0.15) is 23.0 Å². The van der Waals surface area contributed by atoms with Crippen molar-refractivity contribution in [3.05, 3.63) is 44.9 Å². The number of halogens is 3. The highest BCUT2D eigenvalue weighted by Gasteiger charge is 2.19. The second-order valence-corrected chi connectivity index (χ2v) is 5.70. The second kappa shape index (κ2) is 6.27. The summed E-state index contributed by atoms with van der Waals surface area (Å²) in [6.07, 6.45) is 0. The average Bonchev–Trinajstić information content (AvgIpc) is 2.85. The van der Waals surface area contributed by atoms with Gasteiger partial charge < -0.3 is 5.21 Å². The predicted molar refractivity (Wildman–Crippen MR) is 78.1 cm³/mol. The van der Waals surface area contributed by atoms with Gasteiger partial charge >= 0.3 is 0 Å². The fraction of sp³-hybridized carbons (Fsp3) is 0.0833. The van der Waals surface area contributed by atoms with Crippen LogP contribution in [-0.2, 0) is 0 Å². The Hall–Kier alpha value is -1.87. The van der Waals surface area contributed by atoms with Crippen LogP contribution in [0.3, 0.4) is 0 Å². The number of carbonyl (C=O) groups excluding carboxylic acids is 1. The molecular formula is C12H8BrF2N3O2S. The lowest BCUT2D eigenvalue weighted by Crippen LogP contribution is -2.16. The summed E-state index contributed by atoms with van der Waals surface area (Å²) >= 11 is 3.97. The number of rotatable bonds is 3. The summed E-state index contributed by atoms with van der Waals surface area (Å²) in [7, 11) is 0. The molecule has 21 heavy (non-hydrogen) atoms. The van der Waals surface area contributed by atoms with Gasteiger partial charge in [0.05, 0.1) is 0 Å². The van der Waals surface area contributed by atoms with Crippen LogP contribution in [0.15, 0.2) is 27.1 Å². The molecule has 1 aromatic carbocycles. The Kier molecular flexibility index (Phi) is 4.63. The lowest BCUT2D eigenvalue weighted by atomic mass is 10.2. The van der Waals surface area contributed by atoms with E-state index in [0.29, 0.717) is 5.69 Å². The highest BCUT2D eigenvalue weighted by Crippen LogP contribution is 2.22. The van der Waals surface area contributed by atoms with Gasteiger partial charge in [-0.3, -0.25) is 10.1 Å². The van der Waals surface area contributed by atoms with E-state index in [-0.39, 0.29) is 15.3 Å². The van der Waals surface area contributed by atoms with E-state index >= 15 is 0 Å². The van der Waals surface area contributed by atoms with Crippen molar-refractivity contribution in [2.45, 2.75) is 6.92 Å². The van der Waals surface area contributed by atoms with E-state index in [9.17, 15) is 13.6 Å². The number of anilines is 1. The molecule has 9 heteroatoms. The molecule has 2 aromatic rings. The van der Waals surface area contributed by atoms with Gasteiger partial charge in [0.2, 0.25) is 0 Å². The topological polar surface area (TPSA) is 74.6 Å². The standard InChI is InChI=1S/C12H8BrF2N3O2S/c1-5(18-20)9-4-21-12(16-9)17-11(19)10-7(14)2-6(13)3-8(10)15/h2-4,20H,1H3,(H,16,17,19). The first-order valence-corrected chi connectivity index (χ1v) is 7.20. The van der Waals surface area contributed by atoms with Crippen LogP contribution in [0.25, 0.3) is 0 Å². The summed E-state index contributed by atoms with van der Waals surface area (Å²) < 4.78 is 27.5. The number of amides is 1. The fourth-order valence-electron chi connectivity index (χ4n) is 1.47. The van der Waals surface area contributed by atoms with Gasteiger partial charge in [-0.25, -0.2) is 13.8 Å². The molecule has 0 aliphatic rings. The Morgan fingerprint density at radius 1 is 1.43 bits per heavy atom. The number of nitrogens with zero attached hydrogens (tertiary/aromatic N) is 2. The Morgan fingerprint density at radius 2 is 2.05 bits per heavy atom. The normalized spacial score (nSPS) is 11.5. The van der Waals surface area contributed by atoms with Crippen LogP contribution < -0.4 is 5.32 Å². The molecule has 0 spiro atoms. The minimum atomic E-state index is -0.982. The molecule has 5 nitrogen and oxygen atoms in total. The third kappa shape index (κ3) is 3.42. The van der Waals surface area contributed by atoms with Gasteiger partial charge in [-0.15, -0.1) is 11.3 Å². The molecule has 1 heterocycles. The molecule has 2 rings (SSSR count). The average molecular weight is 376 g/mol. The third-order valence-corrected chi connectivity index (χ3v) is 3.69. The lowest BCUT2D eigenvalue weighted by molar-refractivity contribution is 0.101. The number of benzene rings is 1. The van der Waals surface area contributed by atoms with Crippen molar-refractivity contribution >= 4 is 44.0 Å². The maximum absolute atomic E-state index is 13.7. The van der Waals surface area contributed by atoms with Crippen molar-refractivity contribution in [2.75, 3.05) is 5.32 Å². The van der Waals surface area contributed by atoms with Crippen molar-refractivity contribution in [1.82, 2.24) is 4.98 Å². The van der Waals surface area contributed by atoms with Gasteiger partial charge in [-0.05, 0) is 19.1 Å². The number of hydrogen-bond donors (Lipinski definition) is 2. The van der Waals surface area contributed by atoms with Crippen LogP contribution in [-0.4, -0.2) is 21.8 Å². The Bertz CT molecular complexity index is 710. The van der Waals surface area contributed by atoms with E-state index in [0.717, 1.165) is 23.5 Å². The zero-order valence-corrected chi connectivity index (χ0v) is 12.9. The molecule has 1 aromatic heterocycles. The molecule has 1 amide bonds. The van der Waals surface area contributed by atoms with Gasteiger partial charge in [0, 0.05) is 9.85 Å². The maximum atomic E-state index is 13.7. The van der Waals surface area contributed by atoms with Gasteiger partial charge in [-0.2, -0.15) is 0 Å². The smallest absolute Gasteiger partial charge is 0.263 e. The van der Waals surface area contributed by atoms with E-state index < -0.39 is 23.1 Å². The quantitative estimate of drug-likeness (QED) is 0.488. The van der Waals surface area contributed by atoms with Crippen LogP contribution in [0.5, 0.6) is 0 Å². The Labute approximate surface area is 130 Å². The molecular weight excluding hydrogens is 368 g/mol. The first kappa shape index (κ1) is 15.5. The molecule has 0 saturated carbocycles. The molecule has 0 fully saturated rings. The zero-order chi connectivity index (χ0) is 15.6. The summed E-state index contributed by atoms with van der Waals surface area (Å²) in [6, 6.07) is 1.99. The Morgan fingerprint density at radius 3 is 2.62 bits per heavy atom. The van der Waals surface area contributed by atoms with E-state index in [1.807, 2.05) is 0 Å². The minimum Gasteiger partial charge on any atom is -0.411 e. The number of hydrogen-bond acceptors (Lipinski definition) is 5.